The second kappa shape index (κ2) is 5.87. The highest BCUT2D eigenvalue weighted by Gasteiger charge is 2.17. The molecule has 0 aliphatic rings. The molecule has 0 unspecified atom stereocenters. The number of carbonyl (C=O) groups is 1. The van der Waals surface area contributed by atoms with Crippen LogP contribution in [0.15, 0.2) is 0 Å². The van der Waals surface area contributed by atoms with Crippen molar-refractivity contribution < 1.29 is 14.6 Å². The molecule has 6 nitrogen and oxygen atoms in total. The Kier molecular flexibility index (Phi) is 5.56. The molecular formula is C7H17N3O3. The van der Waals surface area contributed by atoms with Crippen LogP contribution in [-0.4, -0.2) is 55.5 Å². The Morgan fingerprint density at radius 1 is 1.62 bits per heavy atom. The third kappa shape index (κ3) is 4.79. The topological polar surface area (TPSA) is 102 Å². The molecule has 0 aliphatic carbocycles. The molecule has 0 spiro atoms. The molecule has 0 amide bonds. The van der Waals surface area contributed by atoms with Gasteiger partial charge in [0.05, 0.1) is 12.6 Å². The first-order chi connectivity index (χ1) is 5.99. The minimum Gasteiger partial charge on any atom is -0.463 e. The van der Waals surface area contributed by atoms with Crippen molar-refractivity contribution in [1.29, 1.82) is 0 Å². The third-order valence-electron chi connectivity index (χ3n) is 1.52. The second-order valence-corrected chi connectivity index (χ2v) is 2.93. The van der Waals surface area contributed by atoms with Crippen molar-refractivity contribution in [1.82, 2.24) is 4.90 Å². The van der Waals surface area contributed by atoms with E-state index in [1.807, 2.05) is 0 Å². The van der Waals surface area contributed by atoms with Gasteiger partial charge in [0.2, 0.25) is 0 Å². The van der Waals surface area contributed by atoms with Crippen LogP contribution in [-0.2, 0) is 9.53 Å². The Bertz CT molecular complexity index is 163. The van der Waals surface area contributed by atoms with Crippen molar-refractivity contribution in [3.8, 4) is 0 Å². The molecule has 0 aromatic heterocycles. The third-order valence-corrected chi connectivity index (χ3v) is 1.52. The van der Waals surface area contributed by atoms with Gasteiger partial charge in [-0.05, 0) is 14.1 Å². The van der Waals surface area contributed by atoms with Crippen molar-refractivity contribution in [3.05, 3.63) is 0 Å². The van der Waals surface area contributed by atoms with Gasteiger partial charge in [-0.15, -0.1) is 0 Å². The Morgan fingerprint density at radius 3 is 2.54 bits per heavy atom. The van der Waals surface area contributed by atoms with E-state index in [-0.39, 0.29) is 13.2 Å². The van der Waals surface area contributed by atoms with Crippen LogP contribution >= 0.6 is 0 Å². The van der Waals surface area contributed by atoms with E-state index in [0.29, 0.717) is 0 Å². The molecular weight excluding hydrogens is 174 g/mol. The van der Waals surface area contributed by atoms with Crippen LogP contribution in [0.1, 0.15) is 0 Å². The van der Waals surface area contributed by atoms with Gasteiger partial charge in [-0.2, -0.15) is 0 Å². The van der Waals surface area contributed by atoms with Crippen LogP contribution < -0.4 is 11.5 Å². The van der Waals surface area contributed by atoms with Crippen LogP contribution in [0.4, 0.5) is 0 Å². The maximum absolute atomic E-state index is 10.6. The van der Waals surface area contributed by atoms with Crippen LogP contribution in [0.5, 0.6) is 0 Å². The molecule has 0 fully saturated rings. The van der Waals surface area contributed by atoms with E-state index in [9.17, 15) is 9.90 Å². The average Bonchev–Trinajstić information content (AvgIpc) is 2.11. The van der Waals surface area contributed by atoms with E-state index in [1.165, 1.54) is 4.90 Å². The van der Waals surface area contributed by atoms with Crippen molar-refractivity contribution in [2.45, 2.75) is 12.3 Å². The highest BCUT2D eigenvalue weighted by atomic mass is 16.5. The molecule has 0 bridgehead atoms. The first-order valence-electron chi connectivity index (χ1n) is 3.94. The average molecular weight is 191 g/mol. The van der Waals surface area contributed by atoms with E-state index >= 15 is 0 Å². The monoisotopic (exact) mass is 191 g/mol. The lowest BCUT2D eigenvalue weighted by atomic mass is 10.3. The Hall–Kier alpha value is -0.690. The van der Waals surface area contributed by atoms with Crippen LogP contribution in [0, 0.1) is 0 Å². The summed E-state index contributed by atoms with van der Waals surface area (Å²) < 4.78 is 4.65. The van der Waals surface area contributed by atoms with Gasteiger partial charge in [0, 0.05) is 0 Å². The summed E-state index contributed by atoms with van der Waals surface area (Å²) in [6.45, 7) is -0.208. The zero-order chi connectivity index (χ0) is 10.4. The van der Waals surface area contributed by atoms with Crippen LogP contribution in [0.3, 0.4) is 0 Å². The minimum absolute atomic E-state index is 0.0324. The Labute approximate surface area is 77.4 Å². The van der Waals surface area contributed by atoms with Crippen molar-refractivity contribution >= 4 is 5.97 Å². The van der Waals surface area contributed by atoms with Crippen molar-refractivity contribution in [2.75, 3.05) is 27.2 Å². The molecule has 0 rings (SSSR count). The normalized spacial score (nSPS) is 15.5. The summed E-state index contributed by atoms with van der Waals surface area (Å²) in [5.74, 6) is -0.526. The maximum atomic E-state index is 10.6. The fourth-order valence-corrected chi connectivity index (χ4v) is 0.717. The number of esters is 1. The fraction of sp³-hybridized carbons (Fsp3) is 0.857. The van der Waals surface area contributed by atoms with Gasteiger partial charge in [-0.25, -0.2) is 0 Å². The smallest absolute Gasteiger partial charge is 0.319 e. The van der Waals surface area contributed by atoms with Gasteiger partial charge in [0.1, 0.15) is 12.8 Å². The molecule has 78 valence electrons. The molecule has 6 heteroatoms. The molecule has 13 heavy (non-hydrogen) atoms. The predicted molar refractivity (Wildman–Crippen MR) is 47.7 cm³/mol. The molecule has 0 radical (unpaired) electrons. The number of aliphatic hydroxyl groups is 1. The highest BCUT2D eigenvalue weighted by Crippen LogP contribution is 1.94. The maximum Gasteiger partial charge on any atom is 0.319 e. The highest BCUT2D eigenvalue weighted by molar-refractivity contribution is 5.71. The summed E-state index contributed by atoms with van der Waals surface area (Å²) >= 11 is 0. The quantitative estimate of drug-likeness (QED) is 0.333. The van der Waals surface area contributed by atoms with E-state index in [4.69, 9.17) is 11.5 Å². The lowest BCUT2D eigenvalue weighted by Gasteiger charge is -2.24. The largest absolute Gasteiger partial charge is 0.463 e. The number of carbonyl (C=O) groups excluding carboxylic acids is 1. The zero-order valence-electron chi connectivity index (χ0n) is 7.93. The Morgan fingerprint density at radius 2 is 2.15 bits per heavy atom. The molecule has 0 heterocycles. The van der Waals surface area contributed by atoms with E-state index in [2.05, 4.69) is 4.74 Å². The lowest BCUT2D eigenvalue weighted by Crippen LogP contribution is -2.47. The molecule has 0 saturated heterocycles. The van der Waals surface area contributed by atoms with E-state index in [0.717, 1.165) is 0 Å². The van der Waals surface area contributed by atoms with E-state index in [1.54, 1.807) is 14.1 Å². The molecule has 0 aliphatic heterocycles. The number of nitrogens with zero attached hydrogens (tertiary/aromatic N) is 1. The Balaban J connectivity index is 3.73. The number of ether oxygens (including phenoxy) is 1. The van der Waals surface area contributed by atoms with Gasteiger partial charge >= 0.3 is 5.97 Å². The van der Waals surface area contributed by atoms with Gasteiger partial charge in [-0.1, -0.05) is 0 Å². The first kappa shape index (κ1) is 12.3. The summed E-state index contributed by atoms with van der Waals surface area (Å²) in [7, 11) is 3.35. The molecule has 2 atom stereocenters. The fourth-order valence-electron chi connectivity index (χ4n) is 0.717. The van der Waals surface area contributed by atoms with Gasteiger partial charge < -0.3 is 21.3 Å². The lowest BCUT2D eigenvalue weighted by molar-refractivity contribution is -0.144. The number of likely N-dealkylation sites (N-methyl/N-ethyl adjacent to an activating group) is 1. The zero-order valence-corrected chi connectivity index (χ0v) is 7.93. The number of hydrogen-bond acceptors (Lipinski definition) is 6. The van der Waals surface area contributed by atoms with Gasteiger partial charge in [-0.3, -0.25) is 9.69 Å². The molecule has 5 N–H and O–H groups in total. The summed E-state index contributed by atoms with van der Waals surface area (Å²) in [5, 5.41) is 9.36. The molecule has 0 saturated carbocycles. The van der Waals surface area contributed by atoms with Crippen LogP contribution in [0.2, 0.25) is 0 Å². The first-order valence-corrected chi connectivity index (χ1v) is 3.94. The van der Waals surface area contributed by atoms with Gasteiger partial charge in [0.25, 0.3) is 0 Å². The predicted octanol–water partition coefficient (Wildman–Crippen LogP) is -2.30. The molecule has 0 aromatic carbocycles. The number of rotatable bonds is 5. The summed E-state index contributed by atoms with van der Waals surface area (Å²) in [6.07, 6.45) is -0.828. The van der Waals surface area contributed by atoms with Gasteiger partial charge in [0.15, 0.2) is 0 Å². The minimum atomic E-state index is -0.828. The number of hydrogen-bond donors (Lipinski definition) is 3. The second-order valence-electron chi connectivity index (χ2n) is 2.93. The standard InChI is InChI=1S/C7H17N3O3/c1-10(2)7(12)5(9)4-13-6(11)3-8/h5,7,12H,3-4,8-9H2,1-2H3/t5-,7+/m0/s1. The van der Waals surface area contributed by atoms with Crippen molar-refractivity contribution in [2.24, 2.45) is 11.5 Å². The van der Waals surface area contributed by atoms with Crippen molar-refractivity contribution in [3.63, 3.8) is 0 Å². The summed E-state index contributed by atoms with van der Waals surface area (Å²) in [5.41, 5.74) is 10.5. The molecule has 0 aromatic rings. The van der Waals surface area contributed by atoms with E-state index < -0.39 is 18.2 Å². The SMILES string of the molecule is CN(C)[C@H](O)[C@@H](N)COC(=O)CN. The van der Waals surface area contributed by atoms with Crippen LogP contribution in [0.25, 0.3) is 0 Å². The summed E-state index contributed by atoms with van der Waals surface area (Å²) in [4.78, 5) is 12.1. The number of aliphatic hydroxyl groups excluding tert-OH is 1. The number of nitrogens with two attached hydrogens (primary N) is 2. The summed E-state index contributed by atoms with van der Waals surface area (Å²) in [6, 6.07) is -0.620.